The maximum absolute atomic E-state index is 12.3. The molecule has 18 heavy (non-hydrogen) atoms. The molecule has 0 unspecified atom stereocenters. The first-order chi connectivity index (χ1) is 8.49. The van der Waals surface area contributed by atoms with Gasteiger partial charge in [0.15, 0.2) is 0 Å². The molecule has 0 spiro atoms. The van der Waals surface area contributed by atoms with Gasteiger partial charge in [-0.3, -0.25) is 4.79 Å². The van der Waals surface area contributed by atoms with Gasteiger partial charge in [0.1, 0.15) is 0 Å². The highest BCUT2D eigenvalue weighted by Crippen LogP contribution is 2.19. The van der Waals surface area contributed by atoms with Gasteiger partial charge >= 0.3 is 0 Å². The molecular formula is C15H24N2O. The third-order valence-corrected chi connectivity index (χ3v) is 4.36. The molecule has 0 N–H and O–H groups in total. The standard InChI is InChI=1S/C15H24N2O/c1-11-5-7-17(8-6-11)15(18)10-14-9-12(2)16(4)13(14)3/h9,11H,5-8,10H2,1-4H3. The van der Waals surface area contributed by atoms with E-state index in [0.717, 1.165) is 31.8 Å². The van der Waals surface area contributed by atoms with E-state index in [2.05, 4.69) is 38.5 Å². The van der Waals surface area contributed by atoms with Crippen molar-refractivity contribution in [3.63, 3.8) is 0 Å². The van der Waals surface area contributed by atoms with Crippen molar-refractivity contribution in [2.45, 2.75) is 40.0 Å². The Bertz CT molecular complexity index is 440. The summed E-state index contributed by atoms with van der Waals surface area (Å²) >= 11 is 0. The van der Waals surface area contributed by atoms with Gasteiger partial charge in [-0.15, -0.1) is 0 Å². The Balaban J connectivity index is 2.01. The molecule has 0 saturated carbocycles. The third kappa shape index (κ3) is 2.60. The molecule has 3 nitrogen and oxygen atoms in total. The van der Waals surface area contributed by atoms with Crippen LogP contribution >= 0.6 is 0 Å². The van der Waals surface area contributed by atoms with Crippen molar-refractivity contribution in [3.05, 3.63) is 23.0 Å². The number of piperidine rings is 1. The molecule has 0 bridgehead atoms. The quantitative estimate of drug-likeness (QED) is 0.789. The number of aromatic nitrogens is 1. The van der Waals surface area contributed by atoms with Gasteiger partial charge in [-0.2, -0.15) is 0 Å². The lowest BCUT2D eigenvalue weighted by Gasteiger charge is -2.30. The van der Waals surface area contributed by atoms with Gasteiger partial charge < -0.3 is 9.47 Å². The molecule has 1 aliphatic heterocycles. The molecule has 2 heterocycles. The average molecular weight is 248 g/mol. The van der Waals surface area contributed by atoms with Crippen LogP contribution in [-0.2, 0) is 18.3 Å². The normalized spacial score (nSPS) is 17.2. The van der Waals surface area contributed by atoms with Crippen molar-refractivity contribution in [1.29, 1.82) is 0 Å². The van der Waals surface area contributed by atoms with E-state index < -0.39 is 0 Å². The summed E-state index contributed by atoms with van der Waals surface area (Å²) in [7, 11) is 2.06. The van der Waals surface area contributed by atoms with Gasteiger partial charge in [-0.1, -0.05) is 6.92 Å². The van der Waals surface area contributed by atoms with Crippen molar-refractivity contribution in [1.82, 2.24) is 9.47 Å². The van der Waals surface area contributed by atoms with E-state index in [0.29, 0.717) is 6.42 Å². The first-order valence-corrected chi connectivity index (χ1v) is 6.88. The minimum Gasteiger partial charge on any atom is -0.352 e. The first kappa shape index (κ1) is 13.2. The van der Waals surface area contributed by atoms with Crippen LogP contribution in [0.4, 0.5) is 0 Å². The SMILES string of the molecule is Cc1cc(CC(=O)N2CCC(C)CC2)c(C)n1C. The Morgan fingerprint density at radius 1 is 1.33 bits per heavy atom. The zero-order valence-electron chi connectivity index (χ0n) is 12.0. The van der Waals surface area contributed by atoms with Crippen LogP contribution in [0.1, 0.15) is 36.7 Å². The summed E-state index contributed by atoms with van der Waals surface area (Å²) in [5.74, 6) is 1.06. The molecule has 0 aromatic carbocycles. The Morgan fingerprint density at radius 2 is 1.94 bits per heavy atom. The zero-order chi connectivity index (χ0) is 13.3. The highest BCUT2D eigenvalue weighted by atomic mass is 16.2. The van der Waals surface area contributed by atoms with Crippen LogP contribution in [0.15, 0.2) is 6.07 Å². The Hall–Kier alpha value is -1.25. The first-order valence-electron chi connectivity index (χ1n) is 6.88. The van der Waals surface area contributed by atoms with Gasteiger partial charge in [-0.05, 0) is 44.2 Å². The van der Waals surface area contributed by atoms with Gasteiger partial charge in [0.05, 0.1) is 6.42 Å². The summed E-state index contributed by atoms with van der Waals surface area (Å²) in [6, 6.07) is 2.14. The van der Waals surface area contributed by atoms with E-state index in [9.17, 15) is 4.79 Å². The van der Waals surface area contributed by atoms with E-state index in [1.54, 1.807) is 0 Å². The average Bonchev–Trinajstić information content (AvgIpc) is 2.58. The van der Waals surface area contributed by atoms with Gasteiger partial charge in [-0.25, -0.2) is 0 Å². The molecule has 1 saturated heterocycles. The largest absolute Gasteiger partial charge is 0.352 e. The van der Waals surface area contributed by atoms with Crippen LogP contribution in [0.25, 0.3) is 0 Å². The maximum Gasteiger partial charge on any atom is 0.227 e. The second-order valence-electron chi connectivity index (χ2n) is 5.70. The van der Waals surface area contributed by atoms with Crippen LogP contribution < -0.4 is 0 Å². The van der Waals surface area contributed by atoms with Crippen molar-refractivity contribution in [3.8, 4) is 0 Å². The van der Waals surface area contributed by atoms with Crippen LogP contribution in [-0.4, -0.2) is 28.5 Å². The van der Waals surface area contributed by atoms with Gasteiger partial charge in [0.2, 0.25) is 5.91 Å². The smallest absolute Gasteiger partial charge is 0.227 e. The topological polar surface area (TPSA) is 25.2 Å². The molecule has 0 radical (unpaired) electrons. The number of amides is 1. The fourth-order valence-electron chi connectivity index (χ4n) is 2.65. The Morgan fingerprint density at radius 3 is 2.44 bits per heavy atom. The summed E-state index contributed by atoms with van der Waals surface area (Å²) in [4.78, 5) is 14.3. The van der Waals surface area contributed by atoms with Crippen molar-refractivity contribution < 1.29 is 4.79 Å². The predicted molar refractivity (Wildman–Crippen MR) is 73.6 cm³/mol. The monoisotopic (exact) mass is 248 g/mol. The van der Waals surface area contributed by atoms with Crippen LogP contribution in [0.3, 0.4) is 0 Å². The summed E-state index contributed by atoms with van der Waals surface area (Å²) in [6.07, 6.45) is 2.86. The Kier molecular flexibility index (Phi) is 3.79. The fourth-order valence-corrected chi connectivity index (χ4v) is 2.65. The highest BCUT2D eigenvalue weighted by molar-refractivity contribution is 5.79. The molecule has 3 heteroatoms. The number of nitrogens with zero attached hydrogens (tertiary/aromatic N) is 2. The second-order valence-corrected chi connectivity index (χ2v) is 5.70. The van der Waals surface area contributed by atoms with E-state index in [1.165, 1.54) is 17.0 Å². The molecule has 1 amide bonds. The highest BCUT2D eigenvalue weighted by Gasteiger charge is 2.21. The van der Waals surface area contributed by atoms with Crippen molar-refractivity contribution >= 4 is 5.91 Å². The van der Waals surface area contributed by atoms with Crippen LogP contribution in [0.5, 0.6) is 0 Å². The summed E-state index contributed by atoms with van der Waals surface area (Å²) in [6.45, 7) is 8.32. The lowest BCUT2D eigenvalue weighted by molar-refractivity contribution is -0.131. The molecule has 1 fully saturated rings. The number of hydrogen-bond acceptors (Lipinski definition) is 1. The number of rotatable bonds is 2. The molecular weight excluding hydrogens is 224 g/mol. The second kappa shape index (κ2) is 5.17. The maximum atomic E-state index is 12.3. The minimum atomic E-state index is 0.288. The number of likely N-dealkylation sites (tertiary alicyclic amines) is 1. The van der Waals surface area contributed by atoms with Crippen molar-refractivity contribution in [2.24, 2.45) is 13.0 Å². The molecule has 0 atom stereocenters. The third-order valence-electron chi connectivity index (χ3n) is 4.36. The fraction of sp³-hybridized carbons (Fsp3) is 0.667. The van der Waals surface area contributed by atoms with E-state index in [4.69, 9.17) is 0 Å². The molecule has 2 rings (SSSR count). The molecule has 1 aromatic heterocycles. The zero-order valence-corrected chi connectivity index (χ0v) is 12.0. The van der Waals surface area contributed by atoms with E-state index in [1.807, 2.05) is 4.90 Å². The summed E-state index contributed by atoms with van der Waals surface area (Å²) in [5, 5.41) is 0. The van der Waals surface area contributed by atoms with E-state index >= 15 is 0 Å². The molecule has 0 aliphatic carbocycles. The van der Waals surface area contributed by atoms with Crippen LogP contribution in [0, 0.1) is 19.8 Å². The van der Waals surface area contributed by atoms with Gasteiger partial charge in [0.25, 0.3) is 0 Å². The Labute approximate surface area is 110 Å². The number of aryl methyl sites for hydroxylation is 1. The lowest BCUT2D eigenvalue weighted by atomic mass is 9.98. The van der Waals surface area contributed by atoms with Crippen molar-refractivity contribution in [2.75, 3.05) is 13.1 Å². The molecule has 1 aromatic rings. The lowest BCUT2D eigenvalue weighted by Crippen LogP contribution is -2.38. The minimum absolute atomic E-state index is 0.288. The number of hydrogen-bond donors (Lipinski definition) is 0. The number of carbonyl (C=O) groups excluding carboxylic acids is 1. The summed E-state index contributed by atoms with van der Waals surface area (Å²) in [5.41, 5.74) is 3.62. The number of carbonyl (C=O) groups is 1. The predicted octanol–water partition coefficient (Wildman–Crippen LogP) is 2.44. The summed E-state index contributed by atoms with van der Waals surface area (Å²) < 4.78 is 2.15. The molecule has 1 aliphatic rings. The van der Waals surface area contributed by atoms with Gasteiger partial charge in [0, 0.05) is 31.5 Å². The molecule has 100 valence electrons. The van der Waals surface area contributed by atoms with E-state index in [-0.39, 0.29) is 5.91 Å². The van der Waals surface area contributed by atoms with Crippen LogP contribution in [0.2, 0.25) is 0 Å².